The Morgan fingerprint density at radius 2 is 2.12 bits per heavy atom. The van der Waals surface area contributed by atoms with Gasteiger partial charge in [-0.3, -0.25) is 0 Å². The van der Waals surface area contributed by atoms with Crippen molar-refractivity contribution in [1.82, 2.24) is 25.1 Å². The Bertz CT molecular complexity index is 523. The molecule has 3 heterocycles. The molecule has 5 nitrogen and oxygen atoms in total. The minimum absolute atomic E-state index is 0.210. The number of nitrogens with zero attached hydrogens (tertiary/aromatic N) is 4. The second-order valence-electron chi connectivity index (χ2n) is 4.88. The van der Waals surface area contributed by atoms with Crippen molar-refractivity contribution in [2.75, 3.05) is 13.1 Å². The molecule has 0 aromatic carbocycles. The van der Waals surface area contributed by atoms with Crippen LogP contribution in [0.1, 0.15) is 37.5 Å². The van der Waals surface area contributed by atoms with Gasteiger partial charge >= 0.3 is 0 Å². The molecule has 0 bridgehead atoms. The molecule has 1 N–H and O–H groups in total. The molecule has 6 heteroatoms. The van der Waals surface area contributed by atoms with E-state index in [2.05, 4.69) is 29.4 Å². The van der Waals surface area contributed by atoms with Crippen LogP contribution in [-0.2, 0) is 11.8 Å². The Morgan fingerprint density at radius 3 is 2.82 bits per heavy atom. The predicted octanol–water partition coefficient (Wildman–Crippen LogP) is 1.39. The Balaban J connectivity index is 2.02. The zero-order valence-electron chi connectivity index (χ0n) is 10.2. The fourth-order valence-corrected chi connectivity index (χ4v) is 3.37. The summed E-state index contributed by atoms with van der Waals surface area (Å²) in [5.41, 5.74) is 0.210. The first-order chi connectivity index (χ1) is 8.23. The van der Waals surface area contributed by atoms with E-state index in [0.717, 1.165) is 43.1 Å². The highest BCUT2D eigenvalue weighted by Gasteiger charge is 2.32. The lowest BCUT2D eigenvalue weighted by molar-refractivity contribution is 0.331. The zero-order valence-corrected chi connectivity index (χ0v) is 11.0. The van der Waals surface area contributed by atoms with Crippen LogP contribution in [0.2, 0.25) is 0 Å². The van der Waals surface area contributed by atoms with Crippen molar-refractivity contribution in [1.29, 1.82) is 0 Å². The van der Waals surface area contributed by atoms with Crippen molar-refractivity contribution >= 4 is 16.3 Å². The summed E-state index contributed by atoms with van der Waals surface area (Å²) in [7, 11) is 0. The fourth-order valence-electron chi connectivity index (χ4n) is 2.31. The van der Waals surface area contributed by atoms with Crippen LogP contribution < -0.4 is 5.32 Å². The second kappa shape index (κ2) is 4.03. The van der Waals surface area contributed by atoms with Crippen LogP contribution in [0.3, 0.4) is 0 Å². The van der Waals surface area contributed by atoms with E-state index in [0.29, 0.717) is 0 Å². The molecule has 0 atom stereocenters. The van der Waals surface area contributed by atoms with Crippen LogP contribution in [0.15, 0.2) is 0 Å². The highest BCUT2D eigenvalue weighted by Crippen LogP contribution is 2.35. The van der Waals surface area contributed by atoms with Crippen molar-refractivity contribution in [3.63, 3.8) is 0 Å². The Morgan fingerprint density at radius 1 is 1.35 bits per heavy atom. The molecule has 0 aliphatic carbocycles. The first-order valence-corrected chi connectivity index (χ1v) is 6.97. The third-order valence-electron chi connectivity index (χ3n) is 3.60. The van der Waals surface area contributed by atoms with E-state index < -0.39 is 0 Å². The average molecular weight is 251 g/mol. The molecule has 2 aromatic rings. The lowest BCUT2D eigenvalue weighted by Gasteiger charge is -2.31. The summed E-state index contributed by atoms with van der Waals surface area (Å²) >= 11 is 1.69. The number of rotatable bonds is 2. The molecule has 1 aliphatic rings. The van der Waals surface area contributed by atoms with E-state index in [9.17, 15) is 0 Å². The minimum atomic E-state index is 0.210. The normalized spacial score (nSPS) is 19.9. The van der Waals surface area contributed by atoms with Gasteiger partial charge in [0.1, 0.15) is 5.01 Å². The van der Waals surface area contributed by atoms with E-state index in [1.807, 2.05) is 4.52 Å². The molecular weight excluding hydrogens is 234 g/mol. The largest absolute Gasteiger partial charge is 0.317 e. The predicted molar refractivity (Wildman–Crippen MR) is 67.5 cm³/mol. The maximum absolute atomic E-state index is 4.72. The number of aromatic nitrogens is 4. The van der Waals surface area contributed by atoms with Gasteiger partial charge in [-0.2, -0.15) is 9.61 Å². The summed E-state index contributed by atoms with van der Waals surface area (Å²) in [6.07, 6.45) is 3.18. The number of aryl methyl sites for hydroxylation is 1. The van der Waals surface area contributed by atoms with Gasteiger partial charge in [0.15, 0.2) is 5.82 Å². The van der Waals surface area contributed by atoms with Gasteiger partial charge < -0.3 is 5.32 Å². The maximum atomic E-state index is 4.72. The molecule has 0 radical (unpaired) electrons. The molecular formula is C11H17N5S. The standard InChI is InChI=1S/C11H17N5S/c1-3-8-13-14-10-16(8)15-9(17-10)11(2)4-6-12-7-5-11/h12H,3-7H2,1-2H3. The van der Waals surface area contributed by atoms with Crippen molar-refractivity contribution < 1.29 is 0 Å². The van der Waals surface area contributed by atoms with E-state index in [-0.39, 0.29) is 5.41 Å². The third kappa shape index (κ3) is 1.75. The van der Waals surface area contributed by atoms with E-state index in [1.165, 1.54) is 5.01 Å². The maximum Gasteiger partial charge on any atom is 0.234 e. The molecule has 17 heavy (non-hydrogen) atoms. The van der Waals surface area contributed by atoms with E-state index in [1.54, 1.807) is 11.3 Å². The first-order valence-electron chi connectivity index (χ1n) is 6.15. The molecule has 2 aromatic heterocycles. The van der Waals surface area contributed by atoms with Crippen molar-refractivity contribution in [2.24, 2.45) is 0 Å². The highest BCUT2D eigenvalue weighted by molar-refractivity contribution is 7.16. The van der Waals surface area contributed by atoms with Gasteiger partial charge in [0.05, 0.1) is 0 Å². The second-order valence-corrected chi connectivity index (χ2v) is 5.84. The summed E-state index contributed by atoms with van der Waals surface area (Å²) < 4.78 is 1.91. The van der Waals surface area contributed by atoms with Gasteiger partial charge in [0, 0.05) is 11.8 Å². The van der Waals surface area contributed by atoms with Crippen LogP contribution in [0.25, 0.3) is 4.96 Å². The average Bonchev–Trinajstić information content (AvgIpc) is 2.89. The zero-order chi connectivity index (χ0) is 11.9. The lowest BCUT2D eigenvalue weighted by atomic mass is 9.82. The molecule has 0 unspecified atom stereocenters. The van der Waals surface area contributed by atoms with Crippen LogP contribution >= 0.6 is 11.3 Å². The lowest BCUT2D eigenvalue weighted by Crippen LogP contribution is -2.37. The molecule has 0 spiro atoms. The van der Waals surface area contributed by atoms with Crippen molar-refractivity contribution in [2.45, 2.75) is 38.5 Å². The monoisotopic (exact) mass is 251 g/mol. The number of hydrogen-bond acceptors (Lipinski definition) is 5. The molecule has 1 aliphatic heterocycles. The smallest absolute Gasteiger partial charge is 0.234 e. The van der Waals surface area contributed by atoms with Crippen LogP contribution in [0.5, 0.6) is 0 Å². The number of fused-ring (bicyclic) bond motifs is 1. The molecule has 1 saturated heterocycles. The molecule has 3 rings (SSSR count). The Labute approximate surface area is 104 Å². The summed E-state index contributed by atoms with van der Waals surface area (Å²) in [5.74, 6) is 0.958. The topological polar surface area (TPSA) is 55.1 Å². The van der Waals surface area contributed by atoms with Gasteiger partial charge in [-0.1, -0.05) is 25.2 Å². The van der Waals surface area contributed by atoms with Gasteiger partial charge in [-0.05, 0) is 25.9 Å². The third-order valence-corrected chi connectivity index (χ3v) is 4.80. The summed E-state index contributed by atoms with van der Waals surface area (Å²) in [6, 6.07) is 0. The SMILES string of the molecule is CCc1nnc2sc(C3(C)CCNCC3)nn12. The number of hydrogen-bond donors (Lipinski definition) is 1. The van der Waals surface area contributed by atoms with Gasteiger partial charge in [-0.25, -0.2) is 0 Å². The summed E-state index contributed by atoms with van der Waals surface area (Å²) in [5, 5.41) is 17.7. The molecule has 0 saturated carbocycles. The summed E-state index contributed by atoms with van der Waals surface area (Å²) in [4.78, 5) is 0.927. The van der Waals surface area contributed by atoms with Gasteiger partial charge in [0.25, 0.3) is 0 Å². The van der Waals surface area contributed by atoms with Crippen LogP contribution in [-0.4, -0.2) is 32.9 Å². The quantitative estimate of drug-likeness (QED) is 0.876. The molecule has 92 valence electrons. The van der Waals surface area contributed by atoms with Gasteiger partial charge in [0.2, 0.25) is 4.96 Å². The van der Waals surface area contributed by atoms with Gasteiger partial charge in [-0.15, -0.1) is 10.2 Å². The van der Waals surface area contributed by atoms with Crippen LogP contribution in [0.4, 0.5) is 0 Å². The fraction of sp³-hybridized carbons (Fsp3) is 0.727. The minimum Gasteiger partial charge on any atom is -0.317 e. The number of piperidine rings is 1. The first kappa shape index (κ1) is 11.1. The van der Waals surface area contributed by atoms with E-state index >= 15 is 0 Å². The highest BCUT2D eigenvalue weighted by atomic mass is 32.1. The molecule has 1 fully saturated rings. The molecule has 0 amide bonds. The Hall–Kier alpha value is -1.01. The Kier molecular flexibility index (Phi) is 2.63. The van der Waals surface area contributed by atoms with E-state index in [4.69, 9.17) is 5.10 Å². The van der Waals surface area contributed by atoms with Crippen molar-refractivity contribution in [3.8, 4) is 0 Å². The van der Waals surface area contributed by atoms with Crippen molar-refractivity contribution in [3.05, 3.63) is 10.8 Å². The summed E-state index contributed by atoms with van der Waals surface area (Å²) in [6.45, 7) is 6.56. The van der Waals surface area contributed by atoms with Crippen LogP contribution in [0, 0.1) is 0 Å². The number of nitrogens with one attached hydrogen (secondary N) is 1.